The average molecular weight is 343 g/mol. The van der Waals surface area contributed by atoms with E-state index >= 15 is 0 Å². The van der Waals surface area contributed by atoms with Gasteiger partial charge in [0.25, 0.3) is 0 Å². The number of rotatable bonds is 6. The van der Waals surface area contributed by atoms with E-state index < -0.39 is 0 Å². The molecule has 7 nitrogen and oxygen atoms in total. The maximum Gasteiger partial charge on any atom is 0.172 e. The Kier molecular flexibility index (Phi) is 6.28. The average Bonchev–Trinajstić information content (AvgIpc) is 2.62. The van der Waals surface area contributed by atoms with Crippen LogP contribution in [0.25, 0.3) is 0 Å². The molecule has 0 radical (unpaired) electrons. The highest BCUT2D eigenvalue weighted by Gasteiger charge is 2.07. The molecule has 0 saturated heterocycles. The van der Waals surface area contributed by atoms with Gasteiger partial charge in [0.05, 0.1) is 26.0 Å². The summed E-state index contributed by atoms with van der Waals surface area (Å²) >= 11 is 5.21. The molecule has 0 aliphatic heterocycles. The van der Waals surface area contributed by atoms with Gasteiger partial charge in [-0.3, -0.25) is 0 Å². The number of anilines is 1. The molecule has 0 fully saturated rings. The molecule has 1 aromatic carbocycles. The lowest BCUT2D eigenvalue weighted by molar-refractivity contribution is 0.391. The van der Waals surface area contributed by atoms with Crippen molar-refractivity contribution in [2.24, 2.45) is 0 Å². The summed E-state index contributed by atoms with van der Waals surface area (Å²) in [4.78, 5) is 0. The van der Waals surface area contributed by atoms with Crippen LogP contribution in [0.15, 0.2) is 30.5 Å². The van der Waals surface area contributed by atoms with Gasteiger partial charge in [0.2, 0.25) is 0 Å². The highest BCUT2D eigenvalue weighted by molar-refractivity contribution is 7.80. The number of ether oxygens (including phenoxy) is 2. The van der Waals surface area contributed by atoms with E-state index in [1.165, 1.54) is 6.20 Å². The van der Waals surface area contributed by atoms with Crippen molar-refractivity contribution in [2.45, 2.75) is 6.42 Å². The Hall–Kier alpha value is -2.92. The lowest BCUT2D eigenvalue weighted by atomic mass is 10.1. The van der Waals surface area contributed by atoms with E-state index in [1.54, 1.807) is 20.3 Å². The standard InChI is InChI=1S/C16H17N5O2S/c1-22-13-4-3-11(14(9-13)23-2)5-7-18-16(24)20-15-12(10-17)6-8-19-21-15/h3-4,6,8-9H,5,7H2,1-2H3,(H2,18,20,21,24). The Morgan fingerprint density at radius 1 is 1.29 bits per heavy atom. The molecule has 2 rings (SSSR count). The van der Waals surface area contributed by atoms with Crippen LogP contribution in [0.2, 0.25) is 0 Å². The Morgan fingerprint density at radius 2 is 2.12 bits per heavy atom. The minimum absolute atomic E-state index is 0.333. The van der Waals surface area contributed by atoms with Gasteiger partial charge in [-0.1, -0.05) is 6.07 Å². The normalized spacial score (nSPS) is 9.71. The number of nitrogens with zero attached hydrogens (tertiary/aromatic N) is 3. The lowest BCUT2D eigenvalue weighted by Gasteiger charge is -2.12. The first-order valence-electron chi connectivity index (χ1n) is 7.15. The number of aromatic nitrogens is 2. The molecular formula is C16H17N5O2S. The summed E-state index contributed by atoms with van der Waals surface area (Å²) in [5, 5.41) is 22.9. The van der Waals surface area contributed by atoms with Gasteiger partial charge in [0.15, 0.2) is 10.9 Å². The van der Waals surface area contributed by atoms with Crippen LogP contribution >= 0.6 is 12.2 Å². The van der Waals surface area contributed by atoms with Gasteiger partial charge in [-0.05, 0) is 36.3 Å². The monoisotopic (exact) mass is 343 g/mol. The van der Waals surface area contributed by atoms with Crippen molar-refractivity contribution in [2.75, 3.05) is 26.1 Å². The van der Waals surface area contributed by atoms with Gasteiger partial charge >= 0.3 is 0 Å². The van der Waals surface area contributed by atoms with Crippen molar-refractivity contribution in [1.29, 1.82) is 5.26 Å². The number of benzene rings is 1. The lowest BCUT2D eigenvalue weighted by Crippen LogP contribution is -2.31. The van der Waals surface area contributed by atoms with Crippen molar-refractivity contribution < 1.29 is 9.47 Å². The molecule has 24 heavy (non-hydrogen) atoms. The molecule has 1 aromatic heterocycles. The largest absolute Gasteiger partial charge is 0.497 e. The summed E-state index contributed by atoms with van der Waals surface area (Å²) in [6.45, 7) is 0.594. The number of nitriles is 1. The third-order valence-electron chi connectivity index (χ3n) is 3.25. The fourth-order valence-corrected chi connectivity index (χ4v) is 2.23. The van der Waals surface area contributed by atoms with Gasteiger partial charge in [-0.2, -0.15) is 10.4 Å². The summed E-state index contributed by atoms with van der Waals surface area (Å²) in [5.74, 6) is 1.84. The molecule has 0 spiro atoms. The van der Waals surface area contributed by atoms with E-state index in [9.17, 15) is 0 Å². The van der Waals surface area contributed by atoms with E-state index in [0.29, 0.717) is 29.5 Å². The maximum atomic E-state index is 9.01. The molecule has 0 unspecified atom stereocenters. The first kappa shape index (κ1) is 17.4. The Balaban J connectivity index is 1.90. The third kappa shape index (κ3) is 4.54. The zero-order chi connectivity index (χ0) is 17.4. The van der Waals surface area contributed by atoms with Gasteiger partial charge in [-0.15, -0.1) is 5.10 Å². The van der Waals surface area contributed by atoms with Crippen LogP contribution in [0.5, 0.6) is 11.5 Å². The summed E-state index contributed by atoms with van der Waals surface area (Å²) in [6.07, 6.45) is 2.16. The smallest absolute Gasteiger partial charge is 0.172 e. The minimum atomic E-state index is 0.333. The van der Waals surface area contributed by atoms with E-state index in [-0.39, 0.29) is 0 Å². The summed E-state index contributed by atoms with van der Waals surface area (Å²) in [6, 6.07) is 9.27. The van der Waals surface area contributed by atoms with Crippen LogP contribution in [0.3, 0.4) is 0 Å². The first-order chi connectivity index (χ1) is 11.7. The molecule has 0 aliphatic carbocycles. The number of thiocarbonyl (C=S) groups is 1. The van der Waals surface area contributed by atoms with Gasteiger partial charge in [0.1, 0.15) is 17.6 Å². The van der Waals surface area contributed by atoms with E-state index in [4.69, 9.17) is 27.0 Å². The number of nitrogens with one attached hydrogen (secondary N) is 2. The molecule has 8 heteroatoms. The third-order valence-corrected chi connectivity index (χ3v) is 3.49. The van der Waals surface area contributed by atoms with Gasteiger partial charge in [0, 0.05) is 12.6 Å². The van der Waals surface area contributed by atoms with Gasteiger partial charge in [-0.25, -0.2) is 0 Å². The molecule has 124 valence electrons. The van der Waals surface area contributed by atoms with Crippen molar-refractivity contribution in [3.05, 3.63) is 41.6 Å². The number of methoxy groups -OCH3 is 2. The predicted molar refractivity (Wildman–Crippen MR) is 94.2 cm³/mol. The van der Waals surface area contributed by atoms with Crippen molar-refractivity contribution in [3.63, 3.8) is 0 Å². The van der Waals surface area contributed by atoms with E-state index in [2.05, 4.69) is 20.8 Å². The van der Waals surface area contributed by atoms with E-state index in [1.807, 2.05) is 24.3 Å². The molecule has 2 aromatic rings. The maximum absolute atomic E-state index is 9.01. The Morgan fingerprint density at radius 3 is 2.83 bits per heavy atom. The Labute approximate surface area is 145 Å². The second kappa shape index (κ2) is 8.64. The predicted octanol–water partition coefficient (Wildman–Crippen LogP) is 1.89. The molecular weight excluding hydrogens is 326 g/mol. The molecule has 0 aliphatic rings. The van der Waals surface area contributed by atoms with Crippen LogP contribution in [0, 0.1) is 11.3 Å². The minimum Gasteiger partial charge on any atom is -0.497 e. The topological polar surface area (TPSA) is 92.1 Å². The Bertz CT molecular complexity index is 760. The number of hydrogen-bond donors (Lipinski definition) is 2. The summed E-state index contributed by atoms with van der Waals surface area (Å²) < 4.78 is 10.5. The first-order valence-corrected chi connectivity index (χ1v) is 7.56. The second-order valence-corrected chi connectivity index (χ2v) is 5.12. The molecule has 1 heterocycles. The highest BCUT2D eigenvalue weighted by Crippen LogP contribution is 2.24. The highest BCUT2D eigenvalue weighted by atomic mass is 32.1. The quantitative estimate of drug-likeness (QED) is 0.768. The van der Waals surface area contributed by atoms with Gasteiger partial charge < -0.3 is 20.1 Å². The fraction of sp³-hybridized carbons (Fsp3) is 0.250. The molecule has 0 bridgehead atoms. The van der Waals surface area contributed by atoms with Crippen LogP contribution < -0.4 is 20.1 Å². The van der Waals surface area contributed by atoms with E-state index in [0.717, 1.165) is 17.1 Å². The zero-order valence-corrected chi connectivity index (χ0v) is 14.2. The summed E-state index contributed by atoms with van der Waals surface area (Å²) in [5.41, 5.74) is 1.41. The van der Waals surface area contributed by atoms with Crippen molar-refractivity contribution in [3.8, 4) is 17.6 Å². The van der Waals surface area contributed by atoms with Crippen LogP contribution in [0.1, 0.15) is 11.1 Å². The van der Waals surface area contributed by atoms with Crippen molar-refractivity contribution >= 4 is 23.1 Å². The fourth-order valence-electron chi connectivity index (χ4n) is 2.04. The second-order valence-electron chi connectivity index (χ2n) is 4.71. The number of hydrogen-bond acceptors (Lipinski definition) is 6. The van der Waals surface area contributed by atoms with Crippen LogP contribution in [-0.4, -0.2) is 36.1 Å². The van der Waals surface area contributed by atoms with Crippen LogP contribution in [-0.2, 0) is 6.42 Å². The SMILES string of the molecule is COc1ccc(CCNC(=S)Nc2nnccc2C#N)c(OC)c1. The van der Waals surface area contributed by atoms with Crippen molar-refractivity contribution in [1.82, 2.24) is 15.5 Å². The van der Waals surface area contributed by atoms with Crippen LogP contribution in [0.4, 0.5) is 5.82 Å². The molecule has 0 atom stereocenters. The molecule has 0 amide bonds. The molecule has 2 N–H and O–H groups in total. The summed E-state index contributed by atoms with van der Waals surface area (Å²) in [7, 11) is 3.23. The molecule has 0 saturated carbocycles. The zero-order valence-electron chi connectivity index (χ0n) is 13.4.